The van der Waals surface area contributed by atoms with E-state index >= 15 is 0 Å². The van der Waals surface area contributed by atoms with Crippen LogP contribution in [0.5, 0.6) is 0 Å². The monoisotopic (exact) mass is 620 g/mol. The summed E-state index contributed by atoms with van der Waals surface area (Å²) in [5.74, 6) is -2.84. The number of carbonyl (C=O) groups is 2. The Morgan fingerprint density at radius 2 is 1.33 bits per heavy atom. The van der Waals surface area contributed by atoms with E-state index in [1.165, 1.54) is 36.4 Å². The number of aryl methyl sites for hydroxylation is 2. The molecule has 0 saturated heterocycles. The summed E-state index contributed by atoms with van der Waals surface area (Å²) in [6.07, 6.45) is 0.315. The van der Waals surface area contributed by atoms with Gasteiger partial charge in [-0.2, -0.15) is 21.6 Å². The lowest BCUT2D eigenvalue weighted by atomic mass is 10.2. The number of guanidine groups is 1. The first-order chi connectivity index (χ1) is 19.8. The van der Waals surface area contributed by atoms with E-state index in [4.69, 9.17) is 14.3 Å². The number of rotatable bonds is 10. The van der Waals surface area contributed by atoms with Crippen molar-refractivity contribution in [3.63, 3.8) is 0 Å². The van der Waals surface area contributed by atoms with Crippen LogP contribution in [0.1, 0.15) is 45.4 Å². The molecular formula is C26H30N5O9S2+. The Morgan fingerprint density at radius 1 is 0.833 bits per heavy atom. The minimum atomic E-state index is -4.85. The highest BCUT2D eigenvalue weighted by Gasteiger charge is 2.38. The zero-order valence-corrected chi connectivity index (χ0v) is 25.1. The molecule has 16 heteroatoms. The van der Waals surface area contributed by atoms with E-state index in [1.54, 1.807) is 26.8 Å². The summed E-state index contributed by atoms with van der Waals surface area (Å²) >= 11 is 0. The topological polar surface area (TPSA) is 183 Å². The van der Waals surface area contributed by atoms with Crippen molar-refractivity contribution in [3.8, 4) is 0 Å². The second-order valence-electron chi connectivity index (χ2n) is 8.59. The number of hydrogen-bond acceptors (Lipinski definition) is 11. The van der Waals surface area contributed by atoms with Crippen molar-refractivity contribution in [2.75, 3.05) is 26.1 Å². The van der Waals surface area contributed by atoms with Gasteiger partial charge in [-0.25, -0.2) is 24.9 Å². The van der Waals surface area contributed by atoms with E-state index in [9.17, 15) is 26.4 Å². The van der Waals surface area contributed by atoms with Gasteiger partial charge in [-0.1, -0.05) is 31.2 Å². The molecule has 2 N–H and O–H groups in total. The maximum Gasteiger partial charge on any atom is 0.421 e. The second kappa shape index (κ2) is 13.4. The molecule has 0 aliphatic carbocycles. The van der Waals surface area contributed by atoms with Gasteiger partial charge < -0.3 is 14.3 Å². The van der Waals surface area contributed by atoms with Crippen LogP contribution in [0, 0.1) is 13.8 Å². The number of aromatic nitrogens is 2. The summed E-state index contributed by atoms with van der Waals surface area (Å²) in [5.41, 5.74) is 0.340. The number of nitrogens with one attached hydrogen (secondary N) is 2. The number of anilines is 1. The average Bonchev–Trinajstić information content (AvgIpc) is 2.95. The molecule has 0 saturated carbocycles. The number of esters is 2. The van der Waals surface area contributed by atoms with Gasteiger partial charge in [0, 0.05) is 15.5 Å². The van der Waals surface area contributed by atoms with Gasteiger partial charge in [0.25, 0.3) is 5.95 Å². The number of sulfonamides is 2. The van der Waals surface area contributed by atoms with Gasteiger partial charge in [0.15, 0.2) is 0 Å². The molecule has 3 aromatic rings. The van der Waals surface area contributed by atoms with Crippen molar-refractivity contribution in [3.05, 3.63) is 77.1 Å². The van der Waals surface area contributed by atoms with Crippen LogP contribution in [0.15, 0.2) is 64.4 Å². The second-order valence-corrected chi connectivity index (χ2v) is 12.0. The van der Waals surface area contributed by atoms with Crippen molar-refractivity contribution in [1.82, 2.24) is 14.7 Å². The molecule has 0 bridgehead atoms. The van der Waals surface area contributed by atoms with Crippen molar-refractivity contribution in [1.29, 1.82) is 0 Å². The third kappa shape index (κ3) is 7.19. The van der Waals surface area contributed by atoms with Crippen molar-refractivity contribution >= 4 is 43.9 Å². The first-order valence-corrected chi connectivity index (χ1v) is 15.3. The van der Waals surface area contributed by atoms with Crippen LogP contribution in [0.4, 0.5) is 5.95 Å². The molecule has 14 nitrogen and oxygen atoms in total. The Balaban J connectivity index is 2.35. The predicted octanol–water partition coefficient (Wildman–Crippen LogP) is 2.16. The summed E-state index contributed by atoms with van der Waals surface area (Å²) in [6, 6.07) is 12.0. The van der Waals surface area contributed by atoms with Crippen LogP contribution >= 0.6 is 0 Å². The standard InChI is InChI=1S/C26H29N5O9S2/c1-6-15-40-31(42(36,37)22-14-10-8-12-20(22)24(33)39-5)26(29-25-27-17(2)16-18(3)28-25)30-41(34,35)21-13-9-7-11-19(21)23(32)38-4/h7-14,16H,6,15H2,1-5H3,(H,27,28,29,30)/p+1. The smallest absolute Gasteiger partial charge is 0.421 e. The average molecular weight is 621 g/mol. The van der Waals surface area contributed by atoms with Crippen LogP contribution < -0.4 is 10.0 Å². The van der Waals surface area contributed by atoms with Gasteiger partial charge in [0.1, 0.15) is 16.4 Å². The lowest BCUT2D eigenvalue weighted by Gasteiger charge is -2.16. The maximum atomic E-state index is 14.1. The van der Waals surface area contributed by atoms with Gasteiger partial charge in [-0.3, -0.25) is 0 Å². The van der Waals surface area contributed by atoms with Crippen LogP contribution in [0.2, 0.25) is 0 Å². The highest BCUT2D eigenvalue weighted by molar-refractivity contribution is 7.90. The van der Waals surface area contributed by atoms with E-state index in [-0.39, 0.29) is 27.8 Å². The fourth-order valence-electron chi connectivity index (χ4n) is 3.65. The molecule has 0 aliphatic rings. The number of carbonyl (C=O) groups excluding carboxylic acids is 2. The molecule has 224 valence electrons. The quantitative estimate of drug-likeness (QED) is 0.111. The summed E-state index contributed by atoms with van der Waals surface area (Å²) in [4.78, 5) is 37.7. The molecule has 2 aromatic carbocycles. The molecule has 0 unspecified atom stereocenters. The van der Waals surface area contributed by atoms with Crippen molar-refractivity contribution in [2.45, 2.75) is 37.0 Å². The van der Waals surface area contributed by atoms with E-state index in [0.717, 1.165) is 26.4 Å². The van der Waals surface area contributed by atoms with E-state index in [2.05, 4.69) is 20.0 Å². The highest BCUT2D eigenvalue weighted by Crippen LogP contribution is 2.21. The van der Waals surface area contributed by atoms with Gasteiger partial charge in [0.2, 0.25) is 0 Å². The minimum Gasteiger partial charge on any atom is -0.465 e. The Hall–Kier alpha value is -4.57. The first kappa shape index (κ1) is 32.0. The first-order valence-electron chi connectivity index (χ1n) is 12.4. The molecular weight excluding hydrogens is 590 g/mol. The van der Waals surface area contributed by atoms with Crippen LogP contribution in [0.25, 0.3) is 0 Å². The third-order valence-corrected chi connectivity index (χ3v) is 8.44. The lowest BCUT2D eigenvalue weighted by molar-refractivity contribution is -0.677. The highest BCUT2D eigenvalue weighted by atomic mass is 32.2. The molecule has 1 aromatic heterocycles. The van der Waals surface area contributed by atoms with Gasteiger partial charge in [-0.15, -0.1) is 0 Å². The fourth-order valence-corrected chi connectivity index (χ4v) is 6.30. The Bertz CT molecular complexity index is 1720. The van der Waals surface area contributed by atoms with Crippen LogP contribution in [0.3, 0.4) is 0 Å². The molecule has 0 atom stereocenters. The summed E-state index contributed by atoms with van der Waals surface area (Å²) in [7, 11) is -7.39. The third-order valence-electron chi connectivity index (χ3n) is 5.41. The van der Waals surface area contributed by atoms with E-state index < -0.39 is 47.7 Å². The fraction of sp³-hybridized carbons (Fsp3) is 0.269. The Kier molecular flexibility index (Phi) is 10.2. The SMILES string of the molecule is CCCO[N+](=C(Nc1nc(C)cc(C)n1)NS(=O)(=O)c1ccccc1C(=O)OC)S(=O)(=O)c1ccccc1C(=O)OC. The van der Waals surface area contributed by atoms with Gasteiger partial charge in [-0.05, 0) is 50.6 Å². The molecule has 3 rings (SSSR count). The van der Waals surface area contributed by atoms with Crippen molar-refractivity contribution < 1.29 is 44.9 Å². The summed E-state index contributed by atoms with van der Waals surface area (Å²) in [6.45, 7) is 4.82. The van der Waals surface area contributed by atoms with Crippen LogP contribution in [-0.4, -0.2) is 69.7 Å². The largest absolute Gasteiger partial charge is 0.465 e. The normalized spacial score (nSPS) is 12.1. The zero-order valence-electron chi connectivity index (χ0n) is 23.4. The molecule has 1 heterocycles. The number of nitrogens with zero attached hydrogens (tertiary/aromatic N) is 3. The summed E-state index contributed by atoms with van der Waals surface area (Å²) in [5, 5.41) is 2.59. The summed E-state index contributed by atoms with van der Waals surface area (Å²) < 4.78 is 67.4. The van der Waals surface area contributed by atoms with E-state index in [1.807, 2.05) is 0 Å². The zero-order chi connectivity index (χ0) is 31.1. The maximum absolute atomic E-state index is 14.1. The Labute approximate surface area is 243 Å². The lowest BCUT2D eigenvalue weighted by Crippen LogP contribution is -2.46. The number of ether oxygens (including phenoxy) is 2. The van der Waals surface area contributed by atoms with Crippen LogP contribution in [-0.2, 0) is 34.4 Å². The predicted molar refractivity (Wildman–Crippen MR) is 150 cm³/mol. The van der Waals surface area contributed by atoms with Gasteiger partial charge in [0.05, 0.1) is 25.3 Å². The minimum absolute atomic E-state index is 0.173. The molecule has 0 spiro atoms. The molecule has 0 radical (unpaired) electrons. The number of benzene rings is 2. The molecule has 0 aliphatic heterocycles. The van der Waals surface area contributed by atoms with E-state index in [0.29, 0.717) is 17.8 Å². The number of methoxy groups -OCH3 is 2. The molecule has 0 fully saturated rings. The molecule has 0 amide bonds. The number of hydrogen-bond donors (Lipinski definition) is 2. The van der Waals surface area contributed by atoms with Crippen molar-refractivity contribution in [2.24, 2.45) is 0 Å². The molecule has 42 heavy (non-hydrogen) atoms. The Morgan fingerprint density at radius 3 is 1.86 bits per heavy atom. The van der Waals surface area contributed by atoms with Gasteiger partial charge >= 0.3 is 37.9 Å².